The number of ether oxygens (including phenoxy) is 2. The smallest absolute Gasteiger partial charge is 0.413 e. The summed E-state index contributed by atoms with van der Waals surface area (Å²) in [6.07, 6.45) is -0.594. The van der Waals surface area contributed by atoms with Crippen LogP contribution in [0.5, 0.6) is 5.75 Å². The van der Waals surface area contributed by atoms with Crippen LogP contribution in [0.4, 0.5) is 10.5 Å². The van der Waals surface area contributed by atoms with Crippen LogP contribution < -0.4 is 10.1 Å². The average molecular weight is 419 g/mol. The summed E-state index contributed by atoms with van der Waals surface area (Å²) in [7, 11) is 0. The Bertz CT molecular complexity index is 918. The molecule has 0 unspecified atom stereocenters. The number of aliphatic hydroxyl groups is 1. The second-order valence-corrected chi connectivity index (χ2v) is 7.59. The Kier molecular flexibility index (Phi) is 7.36. The molecule has 0 aromatic heterocycles. The zero-order valence-electron chi connectivity index (χ0n) is 16.7. The summed E-state index contributed by atoms with van der Waals surface area (Å²) >= 11 is 6.05. The van der Waals surface area contributed by atoms with E-state index in [1.807, 2.05) is 0 Å². The molecule has 154 valence electrons. The van der Waals surface area contributed by atoms with Gasteiger partial charge in [0.15, 0.2) is 0 Å². The normalized spacial score (nSPS) is 11.7. The molecule has 2 rings (SSSR count). The number of nitrogens with zero attached hydrogens (tertiary/aromatic N) is 1. The van der Waals surface area contributed by atoms with Gasteiger partial charge in [0.1, 0.15) is 17.2 Å². The molecule has 0 bridgehead atoms. The quantitative estimate of drug-likeness (QED) is 0.326. The molecular formula is C21H23ClN2O5. The second-order valence-electron chi connectivity index (χ2n) is 7.18. The molecule has 0 aliphatic carbocycles. The molecule has 1 amide bonds. The molecule has 2 N–H and O–H groups in total. The first-order valence-electron chi connectivity index (χ1n) is 8.84. The molecule has 7 nitrogen and oxygen atoms in total. The second kappa shape index (κ2) is 9.54. The molecule has 8 heteroatoms. The number of amidine groups is 1. The third kappa shape index (κ3) is 7.21. The standard InChI is InChI=1S/C21H23ClN2O5/c1-13(24-20(27)29-21(2,3)4)23-16-8-6-15(7-9-16)19(26)28-18-10-5-14(12-25)11-17(18)22/h5-11,25H,12H2,1-4H3,(H,23,24,27). The Morgan fingerprint density at radius 2 is 1.79 bits per heavy atom. The number of aliphatic hydroxyl groups excluding tert-OH is 1. The number of nitrogens with one attached hydrogen (secondary N) is 1. The predicted molar refractivity (Wildman–Crippen MR) is 111 cm³/mol. The van der Waals surface area contributed by atoms with Crippen molar-refractivity contribution in [3.05, 3.63) is 58.6 Å². The van der Waals surface area contributed by atoms with Crippen LogP contribution in [-0.4, -0.2) is 28.6 Å². The van der Waals surface area contributed by atoms with E-state index in [-0.39, 0.29) is 17.4 Å². The van der Waals surface area contributed by atoms with Crippen LogP contribution in [0, 0.1) is 0 Å². The minimum absolute atomic E-state index is 0.155. The minimum Gasteiger partial charge on any atom is -0.444 e. The highest BCUT2D eigenvalue weighted by atomic mass is 35.5. The van der Waals surface area contributed by atoms with Crippen molar-refractivity contribution in [2.75, 3.05) is 0 Å². The Labute approximate surface area is 174 Å². The maximum atomic E-state index is 12.3. The number of carbonyl (C=O) groups excluding carboxylic acids is 2. The topological polar surface area (TPSA) is 97.2 Å². The molecule has 0 spiro atoms. The van der Waals surface area contributed by atoms with Gasteiger partial charge in [0.05, 0.1) is 22.9 Å². The average Bonchev–Trinajstić information content (AvgIpc) is 2.62. The predicted octanol–water partition coefficient (Wildman–Crippen LogP) is 4.63. The first-order chi connectivity index (χ1) is 13.6. The van der Waals surface area contributed by atoms with Gasteiger partial charge in [0, 0.05) is 0 Å². The van der Waals surface area contributed by atoms with Crippen LogP contribution in [0.2, 0.25) is 5.02 Å². The lowest BCUT2D eigenvalue weighted by Crippen LogP contribution is -2.35. The fraction of sp³-hybridized carbons (Fsp3) is 0.286. The molecule has 0 aliphatic heterocycles. The number of amides is 1. The van der Waals surface area contributed by atoms with Crippen molar-refractivity contribution in [1.82, 2.24) is 5.32 Å². The summed E-state index contributed by atoms with van der Waals surface area (Å²) < 4.78 is 10.4. The summed E-state index contributed by atoms with van der Waals surface area (Å²) in [6.45, 7) is 6.78. The third-order valence-corrected chi connectivity index (χ3v) is 3.76. The number of halogens is 1. The number of hydrogen-bond acceptors (Lipinski definition) is 6. The Balaban J connectivity index is 2.02. The van der Waals surface area contributed by atoms with Gasteiger partial charge in [-0.05, 0) is 69.7 Å². The summed E-state index contributed by atoms with van der Waals surface area (Å²) in [5.74, 6) is -0.0264. The number of aliphatic imine (C=N–C) groups is 1. The van der Waals surface area contributed by atoms with Crippen LogP contribution in [0.1, 0.15) is 43.6 Å². The maximum Gasteiger partial charge on any atom is 0.413 e. The lowest BCUT2D eigenvalue weighted by atomic mass is 10.2. The number of benzene rings is 2. The molecule has 0 heterocycles. The molecular weight excluding hydrogens is 396 g/mol. The van der Waals surface area contributed by atoms with Crippen LogP contribution in [0.3, 0.4) is 0 Å². The van der Waals surface area contributed by atoms with E-state index in [1.165, 1.54) is 12.1 Å². The Hall–Kier alpha value is -2.90. The van der Waals surface area contributed by atoms with Crippen molar-refractivity contribution in [2.45, 2.75) is 39.9 Å². The van der Waals surface area contributed by atoms with E-state index >= 15 is 0 Å². The highest BCUT2D eigenvalue weighted by molar-refractivity contribution is 6.32. The number of esters is 1. The van der Waals surface area contributed by atoms with Gasteiger partial charge in [0.2, 0.25) is 0 Å². The molecule has 0 radical (unpaired) electrons. The van der Waals surface area contributed by atoms with E-state index in [9.17, 15) is 9.59 Å². The summed E-state index contributed by atoms with van der Waals surface area (Å²) in [6, 6.07) is 11.0. The van der Waals surface area contributed by atoms with E-state index in [0.29, 0.717) is 22.6 Å². The molecule has 2 aromatic rings. The van der Waals surface area contributed by atoms with Crippen LogP contribution in [0.15, 0.2) is 47.5 Å². The third-order valence-electron chi connectivity index (χ3n) is 3.46. The van der Waals surface area contributed by atoms with Gasteiger partial charge >= 0.3 is 12.1 Å². The van der Waals surface area contributed by atoms with E-state index in [2.05, 4.69) is 10.3 Å². The maximum absolute atomic E-state index is 12.3. The van der Waals surface area contributed by atoms with Crippen molar-refractivity contribution in [3.63, 3.8) is 0 Å². The number of alkyl carbamates (subject to hydrolysis) is 1. The molecule has 0 saturated carbocycles. The molecule has 0 saturated heterocycles. The van der Waals surface area contributed by atoms with Gasteiger partial charge in [-0.3, -0.25) is 5.32 Å². The van der Waals surface area contributed by atoms with Crippen LogP contribution >= 0.6 is 11.6 Å². The van der Waals surface area contributed by atoms with E-state index < -0.39 is 17.7 Å². The van der Waals surface area contributed by atoms with E-state index in [1.54, 1.807) is 58.0 Å². The van der Waals surface area contributed by atoms with Crippen molar-refractivity contribution < 1.29 is 24.2 Å². The lowest BCUT2D eigenvalue weighted by Gasteiger charge is -2.19. The molecule has 29 heavy (non-hydrogen) atoms. The summed E-state index contributed by atoms with van der Waals surface area (Å²) in [5, 5.41) is 11.9. The van der Waals surface area contributed by atoms with E-state index in [4.69, 9.17) is 26.2 Å². The fourth-order valence-corrected chi connectivity index (χ4v) is 2.47. The van der Waals surface area contributed by atoms with Gasteiger partial charge in [-0.1, -0.05) is 17.7 Å². The summed E-state index contributed by atoms with van der Waals surface area (Å²) in [5.41, 5.74) is 0.866. The van der Waals surface area contributed by atoms with Gasteiger partial charge in [-0.2, -0.15) is 0 Å². The lowest BCUT2D eigenvalue weighted by molar-refractivity contribution is 0.0562. The monoisotopic (exact) mass is 418 g/mol. The van der Waals surface area contributed by atoms with Gasteiger partial charge < -0.3 is 14.6 Å². The van der Waals surface area contributed by atoms with Gasteiger partial charge in [-0.25, -0.2) is 14.6 Å². The van der Waals surface area contributed by atoms with E-state index in [0.717, 1.165) is 0 Å². The van der Waals surface area contributed by atoms with Gasteiger partial charge in [0.25, 0.3) is 0 Å². The van der Waals surface area contributed by atoms with Crippen LogP contribution in [0.25, 0.3) is 0 Å². The van der Waals surface area contributed by atoms with Crippen molar-refractivity contribution in [3.8, 4) is 5.75 Å². The largest absolute Gasteiger partial charge is 0.444 e. The molecule has 0 fully saturated rings. The summed E-state index contributed by atoms with van der Waals surface area (Å²) in [4.78, 5) is 28.3. The zero-order valence-corrected chi connectivity index (χ0v) is 17.4. The molecule has 0 atom stereocenters. The number of carbonyl (C=O) groups is 2. The van der Waals surface area contributed by atoms with Crippen molar-refractivity contribution >= 4 is 35.2 Å². The Morgan fingerprint density at radius 3 is 2.34 bits per heavy atom. The highest BCUT2D eigenvalue weighted by Gasteiger charge is 2.16. The first-order valence-corrected chi connectivity index (χ1v) is 9.22. The zero-order chi connectivity index (χ0) is 21.6. The number of rotatable bonds is 4. The fourth-order valence-electron chi connectivity index (χ4n) is 2.23. The molecule has 0 aliphatic rings. The first kappa shape index (κ1) is 22.4. The number of hydrogen-bond donors (Lipinski definition) is 2. The van der Waals surface area contributed by atoms with Crippen LogP contribution in [-0.2, 0) is 11.3 Å². The van der Waals surface area contributed by atoms with Crippen molar-refractivity contribution in [1.29, 1.82) is 0 Å². The Morgan fingerprint density at radius 1 is 1.14 bits per heavy atom. The SMILES string of the molecule is CC(=Nc1ccc(C(=O)Oc2ccc(CO)cc2Cl)cc1)NC(=O)OC(C)(C)C. The van der Waals surface area contributed by atoms with Crippen molar-refractivity contribution in [2.24, 2.45) is 4.99 Å². The highest BCUT2D eigenvalue weighted by Crippen LogP contribution is 2.26. The van der Waals surface area contributed by atoms with Gasteiger partial charge in [-0.15, -0.1) is 0 Å². The molecule has 2 aromatic carbocycles. The minimum atomic E-state index is -0.603.